The largest absolute Gasteiger partial charge is 0.356 e. The lowest BCUT2D eigenvalue weighted by atomic mass is 10.1. The standard InChI is InChI=1S/C19H22N6/c1-20-19(21-13-12-16-8-4-2-5-9-16)22-14-18-24-23-15-25(18)17-10-6-3-7-11-17/h2-11,15H,12-14H2,1H3,(H2,20,21,22). The van der Waals surface area contributed by atoms with Gasteiger partial charge in [0.1, 0.15) is 6.33 Å². The van der Waals surface area contributed by atoms with Gasteiger partial charge in [0, 0.05) is 19.3 Å². The van der Waals surface area contributed by atoms with Crippen LogP contribution in [-0.2, 0) is 13.0 Å². The van der Waals surface area contributed by atoms with E-state index in [1.54, 1.807) is 13.4 Å². The van der Waals surface area contributed by atoms with Gasteiger partial charge in [-0.15, -0.1) is 10.2 Å². The number of guanidine groups is 1. The van der Waals surface area contributed by atoms with Crippen molar-refractivity contribution in [3.8, 4) is 5.69 Å². The van der Waals surface area contributed by atoms with Gasteiger partial charge in [-0.05, 0) is 24.1 Å². The maximum absolute atomic E-state index is 4.26. The second kappa shape index (κ2) is 8.63. The smallest absolute Gasteiger partial charge is 0.191 e. The van der Waals surface area contributed by atoms with E-state index in [4.69, 9.17) is 0 Å². The fourth-order valence-corrected chi connectivity index (χ4v) is 2.54. The van der Waals surface area contributed by atoms with E-state index < -0.39 is 0 Å². The Kier molecular flexibility index (Phi) is 5.77. The van der Waals surface area contributed by atoms with Crippen LogP contribution in [0.5, 0.6) is 0 Å². The summed E-state index contributed by atoms with van der Waals surface area (Å²) >= 11 is 0. The summed E-state index contributed by atoms with van der Waals surface area (Å²) in [4.78, 5) is 4.26. The molecular formula is C19H22N6. The molecule has 0 amide bonds. The van der Waals surface area contributed by atoms with E-state index >= 15 is 0 Å². The topological polar surface area (TPSA) is 67.1 Å². The number of hydrogen-bond donors (Lipinski definition) is 2. The van der Waals surface area contributed by atoms with Crippen molar-refractivity contribution in [3.05, 3.63) is 78.4 Å². The molecule has 0 aliphatic rings. The van der Waals surface area contributed by atoms with E-state index in [1.165, 1.54) is 5.56 Å². The molecule has 0 saturated heterocycles. The van der Waals surface area contributed by atoms with Crippen LogP contribution in [0.25, 0.3) is 5.69 Å². The maximum atomic E-state index is 4.26. The van der Waals surface area contributed by atoms with Crippen molar-refractivity contribution in [2.45, 2.75) is 13.0 Å². The molecule has 0 radical (unpaired) electrons. The normalized spacial score (nSPS) is 11.3. The Bertz CT molecular complexity index is 795. The van der Waals surface area contributed by atoms with Crippen LogP contribution in [0.1, 0.15) is 11.4 Å². The quantitative estimate of drug-likeness (QED) is 0.536. The number of nitrogens with one attached hydrogen (secondary N) is 2. The summed E-state index contributed by atoms with van der Waals surface area (Å²) in [6, 6.07) is 20.4. The second-order valence-corrected chi connectivity index (χ2v) is 5.54. The first-order chi connectivity index (χ1) is 12.4. The third kappa shape index (κ3) is 4.67. The van der Waals surface area contributed by atoms with Gasteiger partial charge in [0.2, 0.25) is 0 Å². The zero-order chi connectivity index (χ0) is 17.3. The van der Waals surface area contributed by atoms with Crippen molar-refractivity contribution in [3.63, 3.8) is 0 Å². The molecular weight excluding hydrogens is 312 g/mol. The van der Waals surface area contributed by atoms with E-state index in [2.05, 4.69) is 50.1 Å². The molecule has 0 unspecified atom stereocenters. The molecule has 1 aromatic heterocycles. The van der Waals surface area contributed by atoms with E-state index in [0.29, 0.717) is 6.54 Å². The fraction of sp³-hybridized carbons (Fsp3) is 0.211. The average Bonchev–Trinajstić information content (AvgIpc) is 3.14. The number of benzene rings is 2. The molecule has 6 heteroatoms. The second-order valence-electron chi connectivity index (χ2n) is 5.54. The fourth-order valence-electron chi connectivity index (χ4n) is 2.54. The zero-order valence-corrected chi connectivity index (χ0v) is 14.3. The first-order valence-electron chi connectivity index (χ1n) is 8.29. The predicted molar refractivity (Wildman–Crippen MR) is 99.7 cm³/mol. The summed E-state index contributed by atoms with van der Waals surface area (Å²) in [5, 5.41) is 14.8. The lowest BCUT2D eigenvalue weighted by molar-refractivity contribution is 0.749. The van der Waals surface area contributed by atoms with Crippen LogP contribution in [0.2, 0.25) is 0 Å². The van der Waals surface area contributed by atoms with E-state index in [0.717, 1.165) is 30.4 Å². The molecule has 0 bridgehead atoms. The van der Waals surface area contributed by atoms with Crippen molar-refractivity contribution in [2.75, 3.05) is 13.6 Å². The van der Waals surface area contributed by atoms with Gasteiger partial charge < -0.3 is 10.6 Å². The molecule has 25 heavy (non-hydrogen) atoms. The van der Waals surface area contributed by atoms with Crippen molar-refractivity contribution < 1.29 is 0 Å². The van der Waals surface area contributed by atoms with Crippen LogP contribution in [0.4, 0.5) is 0 Å². The van der Waals surface area contributed by atoms with Crippen LogP contribution in [0.15, 0.2) is 72.0 Å². The minimum atomic E-state index is 0.542. The van der Waals surface area contributed by atoms with Crippen LogP contribution in [0, 0.1) is 0 Å². The van der Waals surface area contributed by atoms with Gasteiger partial charge in [-0.3, -0.25) is 9.56 Å². The third-order valence-corrected chi connectivity index (χ3v) is 3.84. The van der Waals surface area contributed by atoms with E-state index in [1.807, 2.05) is 41.0 Å². The Morgan fingerprint density at radius 3 is 2.44 bits per heavy atom. The molecule has 2 N–H and O–H groups in total. The van der Waals surface area contributed by atoms with Crippen molar-refractivity contribution >= 4 is 5.96 Å². The van der Waals surface area contributed by atoms with Crippen molar-refractivity contribution in [1.29, 1.82) is 0 Å². The molecule has 0 spiro atoms. The molecule has 0 aliphatic heterocycles. The van der Waals surface area contributed by atoms with Gasteiger partial charge in [-0.25, -0.2) is 0 Å². The van der Waals surface area contributed by atoms with Gasteiger partial charge in [-0.2, -0.15) is 0 Å². The van der Waals surface area contributed by atoms with Crippen LogP contribution in [0.3, 0.4) is 0 Å². The molecule has 6 nitrogen and oxygen atoms in total. The minimum Gasteiger partial charge on any atom is -0.356 e. The molecule has 0 saturated carbocycles. The molecule has 1 heterocycles. The molecule has 3 rings (SSSR count). The highest BCUT2D eigenvalue weighted by molar-refractivity contribution is 5.79. The summed E-state index contributed by atoms with van der Waals surface area (Å²) in [6.45, 7) is 1.36. The number of nitrogens with zero attached hydrogens (tertiary/aromatic N) is 4. The Balaban J connectivity index is 1.53. The molecule has 0 fully saturated rings. The van der Waals surface area contributed by atoms with Gasteiger partial charge >= 0.3 is 0 Å². The highest BCUT2D eigenvalue weighted by atomic mass is 15.3. The predicted octanol–water partition coefficient (Wildman–Crippen LogP) is 2.17. The minimum absolute atomic E-state index is 0.542. The summed E-state index contributed by atoms with van der Waals surface area (Å²) in [7, 11) is 1.76. The first-order valence-corrected chi connectivity index (χ1v) is 8.29. The zero-order valence-electron chi connectivity index (χ0n) is 14.3. The number of aliphatic imine (C=N–C) groups is 1. The van der Waals surface area contributed by atoms with Gasteiger partial charge in [0.25, 0.3) is 0 Å². The summed E-state index contributed by atoms with van der Waals surface area (Å²) in [5.41, 5.74) is 2.34. The van der Waals surface area contributed by atoms with Crippen LogP contribution in [-0.4, -0.2) is 34.3 Å². The van der Waals surface area contributed by atoms with E-state index in [9.17, 15) is 0 Å². The van der Waals surface area contributed by atoms with Crippen LogP contribution >= 0.6 is 0 Å². The number of hydrogen-bond acceptors (Lipinski definition) is 3. The Morgan fingerprint density at radius 1 is 1.00 bits per heavy atom. The number of aromatic nitrogens is 3. The highest BCUT2D eigenvalue weighted by Gasteiger charge is 2.07. The van der Waals surface area contributed by atoms with Gasteiger partial charge in [-0.1, -0.05) is 48.5 Å². The number of rotatable bonds is 6. The molecule has 128 valence electrons. The third-order valence-electron chi connectivity index (χ3n) is 3.84. The van der Waals surface area contributed by atoms with E-state index in [-0.39, 0.29) is 0 Å². The molecule has 3 aromatic rings. The lowest BCUT2D eigenvalue weighted by Crippen LogP contribution is -2.38. The first kappa shape index (κ1) is 16.7. The summed E-state index contributed by atoms with van der Waals surface area (Å²) < 4.78 is 1.96. The van der Waals surface area contributed by atoms with Crippen LogP contribution < -0.4 is 10.6 Å². The Hall–Kier alpha value is -3.15. The molecule has 2 aromatic carbocycles. The highest BCUT2D eigenvalue weighted by Crippen LogP contribution is 2.08. The maximum Gasteiger partial charge on any atom is 0.191 e. The summed E-state index contributed by atoms with van der Waals surface area (Å²) in [5.74, 6) is 1.58. The van der Waals surface area contributed by atoms with Gasteiger partial charge in [0.05, 0.1) is 6.54 Å². The average molecular weight is 334 g/mol. The van der Waals surface area contributed by atoms with Crippen molar-refractivity contribution in [1.82, 2.24) is 25.4 Å². The van der Waals surface area contributed by atoms with Gasteiger partial charge in [0.15, 0.2) is 11.8 Å². The summed E-state index contributed by atoms with van der Waals surface area (Å²) in [6.07, 6.45) is 2.67. The lowest BCUT2D eigenvalue weighted by Gasteiger charge is -2.12. The molecule has 0 aliphatic carbocycles. The van der Waals surface area contributed by atoms with Crippen molar-refractivity contribution in [2.24, 2.45) is 4.99 Å². The number of para-hydroxylation sites is 1. The molecule has 0 atom stereocenters. The Morgan fingerprint density at radius 2 is 1.72 bits per heavy atom. The monoisotopic (exact) mass is 334 g/mol. The Labute approximate surface area is 147 Å². The SMILES string of the molecule is CN=C(NCCc1ccccc1)NCc1nncn1-c1ccccc1.